The molecule has 0 N–H and O–H groups in total. The van der Waals surface area contributed by atoms with Crippen molar-refractivity contribution in [3.63, 3.8) is 0 Å². The van der Waals surface area contributed by atoms with Crippen molar-refractivity contribution in [2.75, 3.05) is 37.7 Å². The van der Waals surface area contributed by atoms with Crippen LogP contribution in [-0.2, 0) is 21.2 Å². The molecule has 8 heteroatoms. The Bertz CT molecular complexity index is 906. The van der Waals surface area contributed by atoms with Crippen molar-refractivity contribution in [1.82, 2.24) is 14.7 Å². The first-order chi connectivity index (χ1) is 13.8. The molecule has 0 unspecified atom stereocenters. The number of carbonyl (C=O) groups excluding carboxylic acids is 2. The van der Waals surface area contributed by atoms with Crippen molar-refractivity contribution in [2.45, 2.75) is 38.9 Å². The first-order valence-electron chi connectivity index (χ1n) is 10.4. The summed E-state index contributed by atoms with van der Waals surface area (Å²) >= 11 is 0. The molecule has 2 amide bonds. The van der Waals surface area contributed by atoms with Gasteiger partial charge in [-0.3, -0.25) is 14.5 Å². The Morgan fingerprint density at radius 1 is 1.10 bits per heavy atom. The van der Waals surface area contributed by atoms with E-state index in [1.165, 1.54) is 0 Å². The lowest BCUT2D eigenvalue weighted by Crippen LogP contribution is -2.57. The summed E-state index contributed by atoms with van der Waals surface area (Å²) in [4.78, 5) is 32.0. The molecule has 7 nitrogen and oxygen atoms in total. The molecular weight excluding hydrogens is 390 g/mol. The van der Waals surface area contributed by atoms with Crippen LogP contribution in [0.25, 0.3) is 0 Å². The van der Waals surface area contributed by atoms with Crippen molar-refractivity contribution >= 4 is 21.7 Å². The van der Waals surface area contributed by atoms with E-state index < -0.39 is 15.9 Å². The van der Waals surface area contributed by atoms with Gasteiger partial charge in [0.05, 0.1) is 11.5 Å². The lowest BCUT2D eigenvalue weighted by Gasteiger charge is -2.41. The van der Waals surface area contributed by atoms with Gasteiger partial charge in [0.25, 0.3) is 5.91 Å². The quantitative estimate of drug-likeness (QED) is 0.728. The van der Waals surface area contributed by atoms with Gasteiger partial charge in [-0.1, -0.05) is 32.0 Å². The molecule has 2 saturated heterocycles. The van der Waals surface area contributed by atoms with Gasteiger partial charge in [0.2, 0.25) is 5.91 Å². The van der Waals surface area contributed by atoms with Gasteiger partial charge in [0, 0.05) is 44.3 Å². The van der Waals surface area contributed by atoms with Gasteiger partial charge < -0.3 is 9.80 Å². The van der Waals surface area contributed by atoms with Gasteiger partial charge in [0.1, 0.15) is 6.04 Å². The summed E-state index contributed by atoms with van der Waals surface area (Å²) in [5.74, 6) is 0.445. The molecule has 1 aromatic carbocycles. The van der Waals surface area contributed by atoms with Crippen molar-refractivity contribution in [3.8, 4) is 0 Å². The van der Waals surface area contributed by atoms with Crippen LogP contribution in [0.1, 0.15) is 36.2 Å². The van der Waals surface area contributed by atoms with E-state index in [0.29, 0.717) is 44.7 Å². The number of hydrogen-bond donors (Lipinski definition) is 0. The Labute approximate surface area is 172 Å². The molecule has 0 aromatic heterocycles. The van der Waals surface area contributed by atoms with Crippen LogP contribution < -0.4 is 0 Å². The number of fused-ring (bicyclic) bond motifs is 1. The number of sulfone groups is 1. The molecule has 3 heterocycles. The summed E-state index contributed by atoms with van der Waals surface area (Å²) < 4.78 is 23.5. The molecule has 0 spiro atoms. The van der Waals surface area contributed by atoms with Crippen molar-refractivity contribution in [3.05, 3.63) is 35.4 Å². The molecule has 3 aliphatic heterocycles. The third-order valence-electron chi connectivity index (χ3n) is 6.42. The highest BCUT2D eigenvalue weighted by molar-refractivity contribution is 7.91. The highest BCUT2D eigenvalue weighted by Gasteiger charge is 2.41. The van der Waals surface area contributed by atoms with Gasteiger partial charge in [-0.15, -0.1) is 0 Å². The average molecular weight is 420 g/mol. The normalized spacial score (nSPS) is 25.5. The standard InChI is InChI=1S/C21H29N3O4S/c1-15(2)19(24-13-16-5-3-4-6-18(16)20(24)25)21(26)23-10-8-22(9-11-23)17-7-12-29(27,28)14-17/h3-6,15,17,19H,7-14H2,1-2H3/t17-,19-/m1/s1. The first kappa shape index (κ1) is 20.3. The van der Waals surface area contributed by atoms with Crippen LogP contribution in [-0.4, -0.2) is 84.7 Å². The third-order valence-corrected chi connectivity index (χ3v) is 8.17. The Balaban J connectivity index is 1.42. The minimum absolute atomic E-state index is 0.000139. The van der Waals surface area contributed by atoms with Crippen LogP contribution in [0.3, 0.4) is 0 Å². The molecule has 2 atom stereocenters. The second kappa shape index (κ2) is 7.72. The highest BCUT2D eigenvalue weighted by atomic mass is 32.2. The lowest BCUT2D eigenvalue weighted by atomic mass is 10.0. The summed E-state index contributed by atoms with van der Waals surface area (Å²) in [6.07, 6.45) is 0.686. The maximum Gasteiger partial charge on any atom is 0.255 e. The van der Waals surface area contributed by atoms with Crippen LogP contribution in [0.2, 0.25) is 0 Å². The predicted octanol–water partition coefficient (Wildman–Crippen LogP) is 0.998. The van der Waals surface area contributed by atoms with Crippen molar-refractivity contribution in [2.24, 2.45) is 5.92 Å². The van der Waals surface area contributed by atoms with E-state index in [4.69, 9.17) is 0 Å². The molecule has 3 aliphatic rings. The topological polar surface area (TPSA) is 78.0 Å². The van der Waals surface area contributed by atoms with Crippen molar-refractivity contribution < 1.29 is 18.0 Å². The predicted molar refractivity (Wildman–Crippen MR) is 110 cm³/mol. The number of nitrogens with zero attached hydrogens (tertiary/aromatic N) is 3. The van der Waals surface area contributed by atoms with Crippen LogP contribution in [0, 0.1) is 5.92 Å². The van der Waals surface area contributed by atoms with Crippen LogP contribution in [0.4, 0.5) is 0 Å². The van der Waals surface area contributed by atoms with Gasteiger partial charge in [-0.05, 0) is 24.0 Å². The largest absolute Gasteiger partial charge is 0.338 e. The second-order valence-electron chi connectivity index (χ2n) is 8.70. The molecule has 158 valence electrons. The lowest BCUT2D eigenvalue weighted by molar-refractivity contribution is -0.139. The number of rotatable bonds is 4. The smallest absolute Gasteiger partial charge is 0.255 e. The number of piperazine rings is 1. The van der Waals surface area contributed by atoms with Crippen molar-refractivity contribution in [1.29, 1.82) is 0 Å². The summed E-state index contributed by atoms with van der Waals surface area (Å²) in [5, 5.41) is 0. The van der Waals surface area contributed by atoms with Crippen LogP contribution >= 0.6 is 0 Å². The molecule has 2 fully saturated rings. The molecule has 1 aromatic rings. The van der Waals surface area contributed by atoms with E-state index in [2.05, 4.69) is 4.90 Å². The minimum Gasteiger partial charge on any atom is -0.338 e. The Kier molecular flexibility index (Phi) is 5.42. The van der Waals surface area contributed by atoms with Gasteiger partial charge in [-0.25, -0.2) is 8.42 Å². The first-order valence-corrected chi connectivity index (χ1v) is 12.2. The second-order valence-corrected chi connectivity index (χ2v) is 10.9. The summed E-state index contributed by atoms with van der Waals surface area (Å²) in [5.41, 5.74) is 1.67. The van der Waals surface area contributed by atoms with Crippen LogP contribution in [0.5, 0.6) is 0 Å². The Morgan fingerprint density at radius 2 is 1.79 bits per heavy atom. The van der Waals surface area contributed by atoms with Gasteiger partial charge in [0.15, 0.2) is 9.84 Å². The van der Waals surface area contributed by atoms with E-state index in [1.807, 2.05) is 43.0 Å². The fourth-order valence-corrected chi connectivity index (χ4v) is 6.60. The number of carbonyl (C=O) groups is 2. The molecular formula is C21H29N3O4S. The monoisotopic (exact) mass is 419 g/mol. The van der Waals surface area contributed by atoms with E-state index in [-0.39, 0.29) is 35.3 Å². The molecule has 0 radical (unpaired) electrons. The zero-order valence-corrected chi connectivity index (χ0v) is 17.9. The molecule has 29 heavy (non-hydrogen) atoms. The fourth-order valence-electron chi connectivity index (χ4n) is 4.84. The summed E-state index contributed by atoms with van der Waals surface area (Å²) in [7, 11) is -2.91. The Hall–Kier alpha value is -1.93. The zero-order chi connectivity index (χ0) is 20.8. The molecule has 0 aliphatic carbocycles. The van der Waals surface area contributed by atoms with E-state index in [0.717, 1.165) is 5.56 Å². The zero-order valence-electron chi connectivity index (χ0n) is 17.1. The fraction of sp³-hybridized carbons (Fsp3) is 0.619. The van der Waals surface area contributed by atoms with E-state index >= 15 is 0 Å². The summed E-state index contributed by atoms with van der Waals surface area (Å²) in [6.45, 7) is 6.97. The highest BCUT2D eigenvalue weighted by Crippen LogP contribution is 2.28. The van der Waals surface area contributed by atoms with E-state index in [1.54, 1.807) is 4.90 Å². The van der Waals surface area contributed by atoms with E-state index in [9.17, 15) is 18.0 Å². The SMILES string of the molecule is CC(C)[C@H](C(=O)N1CCN([C@@H]2CCS(=O)(=O)C2)CC1)N1Cc2ccccc2C1=O. The maximum absolute atomic E-state index is 13.4. The average Bonchev–Trinajstić information content (AvgIpc) is 3.22. The molecule has 0 bridgehead atoms. The third kappa shape index (κ3) is 3.92. The number of hydrogen-bond acceptors (Lipinski definition) is 5. The molecule has 0 saturated carbocycles. The number of amides is 2. The number of benzene rings is 1. The maximum atomic E-state index is 13.4. The molecule has 4 rings (SSSR count). The van der Waals surface area contributed by atoms with Gasteiger partial charge in [-0.2, -0.15) is 0 Å². The van der Waals surface area contributed by atoms with Gasteiger partial charge >= 0.3 is 0 Å². The minimum atomic E-state index is -2.91. The summed E-state index contributed by atoms with van der Waals surface area (Å²) in [6, 6.07) is 7.15. The van der Waals surface area contributed by atoms with Crippen LogP contribution in [0.15, 0.2) is 24.3 Å². The Morgan fingerprint density at radius 3 is 2.38 bits per heavy atom.